The van der Waals surface area contributed by atoms with Gasteiger partial charge in [0.05, 0.1) is 7.11 Å². The maximum absolute atomic E-state index is 10.9. The van der Waals surface area contributed by atoms with E-state index in [-0.39, 0.29) is 11.6 Å². The number of methoxy groups -OCH3 is 1. The summed E-state index contributed by atoms with van der Waals surface area (Å²) in [4.78, 5) is 18.7. The molecule has 0 saturated heterocycles. The lowest BCUT2D eigenvalue weighted by atomic mass is 10.2. The highest BCUT2D eigenvalue weighted by Crippen LogP contribution is 2.35. The van der Waals surface area contributed by atoms with E-state index in [1.54, 1.807) is 6.07 Å². The average Bonchev–Trinajstić information content (AvgIpc) is 2.48. The van der Waals surface area contributed by atoms with Crippen molar-refractivity contribution in [2.24, 2.45) is 0 Å². The van der Waals surface area contributed by atoms with Gasteiger partial charge in [-0.3, -0.25) is 4.79 Å². The standard InChI is InChI=1S/C13H8BrN3O3/c1-19-11-4-8(7-18)9(14)5-12(11)20-13-10(6-15)16-2-3-17-13/h2-5,7H,1H3. The summed E-state index contributed by atoms with van der Waals surface area (Å²) in [5.74, 6) is 0.742. The van der Waals surface area contributed by atoms with Crippen LogP contribution >= 0.6 is 15.9 Å². The van der Waals surface area contributed by atoms with Crippen LogP contribution in [0, 0.1) is 11.3 Å². The average molecular weight is 334 g/mol. The number of carbonyl (C=O) groups excluding carboxylic acids is 1. The molecule has 0 aliphatic heterocycles. The Hall–Kier alpha value is -2.46. The van der Waals surface area contributed by atoms with Gasteiger partial charge in [-0.1, -0.05) is 0 Å². The van der Waals surface area contributed by atoms with Crippen molar-refractivity contribution in [2.75, 3.05) is 7.11 Å². The van der Waals surface area contributed by atoms with E-state index in [0.717, 1.165) is 0 Å². The summed E-state index contributed by atoms with van der Waals surface area (Å²) < 4.78 is 11.2. The van der Waals surface area contributed by atoms with Crippen LogP contribution < -0.4 is 9.47 Å². The summed E-state index contributed by atoms with van der Waals surface area (Å²) in [6, 6.07) is 4.97. The molecule has 20 heavy (non-hydrogen) atoms. The highest BCUT2D eigenvalue weighted by atomic mass is 79.9. The lowest BCUT2D eigenvalue weighted by Gasteiger charge is -2.11. The van der Waals surface area contributed by atoms with Crippen LogP contribution in [0.4, 0.5) is 0 Å². The van der Waals surface area contributed by atoms with Gasteiger partial charge in [-0.15, -0.1) is 0 Å². The van der Waals surface area contributed by atoms with Crippen molar-refractivity contribution in [3.05, 3.63) is 40.3 Å². The first kappa shape index (κ1) is 14.0. The number of carbonyl (C=O) groups is 1. The Balaban J connectivity index is 2.46. The number of ether oxygens (including phenoxy) is 2. The van der Waals surface area contributed by atoms with E-state index in [9.17, 15) is 4.79 Å². The van der Waals surface area contributed by atoms with Crippen molar-refractivity contribution in [2.45, 2.75) is 0 Å². The van der Waals surface area contributed by atoms with Crippen LogP contribution in [0.5, 0.6) is 17.4 Å². The molecule has 0 amide bonds. The minimum absolute atomic E-state index is 0.0603. The molecule has 0 unspecified atom stereocenters. The lowest BCUT2D eigenvalue weighted by molar-refractivity contribution is 0.112. The number of aldehydes is 1. The Morgan fingerprint density at radius 2 is 2.05 bits per heavy atom. The fourth-order valence-electron chi connectivity index (χ4n) is 1.46. The molecule has 0 spiro atoms. The summed E-state index contributed by atoms with van der Waals surface area (Å²) >= 11 is 3.25. The third kappa shape index (κ3) is 2.75. The summed E-state index contributed by atoms with van der Waals surface area (Å²) in [6.07, 6.45) is 3.50. The molecule has 6 nitrogen and oxygen atoms in total. The van der Waals surface area contributed by atoms with Gasteiger partial charge in [-0.25, -0.2) is 9.97 Å². The second kappa shape index (κ2) is 6.12. The molecule has 1 aromatic carbocycles. The number of rotatable bonds is 4. The molecule has 2 aromatic rings. The molecule has 1 heterocycles. The van der Waals surface area contributed by atoms with Crippen LogP contribution in [-0.4, -0.2) is 23.4 Å². The molecule has 2 rings (SSSR count). The highest BCUT2D eigenvalue weighted by molar-refractivity contribution is 9.10. The largest absolute Gasteiger partial charge is 0.493 e. The first-order valence-electron chi connectivity index (χ1n) is 5.41. The molecule has 0 aliphatic carbocycles. The second-order valence-electron chi connectivity index (χ2n) is 3.57. The smallest absolute Gasteiger partial charge is 0.256 e. The zero-order valence-electron chi connectivity index (χ0n) is 10.3. The third-order valence-electron chi connectivity index (χ3n) is 2.39. The van der Waals surface area contributed by atoms with Gasteiger partial charge in [0, 0.05) is 22.4 Å². The Morgan fingerprint density at radius 3 is 2.70 bits per heavy atom. The summed E-state index contributed by atoms with van der Waals surface area (Å²) in [6.45, 7) is 0. The van der Waals surface area contributed by atoms with E-state index in [1.807, 2.05) is 6.07 Å². The van der Waals surface area contributed by atoms with Gasteiger partial charge >= 0.3 is 0 Å². The predicted molar refractivity (Wildman–Crippen MR) is 72.9 cm³/mol. The Morgan fingerprint density at radius 1 is 1.30 bits per heavy atom. The van der Waals surface area contributed by atoms with Crippen LogP contribution in [-0.2, 0) is 0 Å². The number of benzene rings is 1. The van der Waals surface area contributed by atoms with Crippen LogP contribution in [0.1, 0.15) is 16.1 Å². The SMILES string of the molecule is COc1cc(C=O)c(Br)cc1Oc1nccnc1C#N. The summed E-state index contributed by atoms with van der Waals surface area (Å²) in [5, 5.41) is 8.94. The van der Waals surface area contributed by atoms with E-state index in [4.69, 9.17) is 14.7 Å². The second-order valence-corrected chi connectivity index (χ2v) is 4.42. The molecular formula is C13H8BrN3O3. The molecule has 7 heteroatoms. The van der Waals surface area contributed by atoms with Crippen molar-refractivity contribution in [1.82, 2.24) is 9.97 Å². The van der Waals surface area contributed by atoms with Gasteiger partial charge in [0.25, 0.3) is 5.88 Å². The normalized spacial score (nSPS) is 9.65. The Bertz CT molecular complexity index is 698. The highest BCUT2D eigenvalue weighted by Gasteiger charge is 2.14. The minimum Gasteiger partial charge on any atom is -0.493 e. The number of nitriles is 1. The van der Waals surface area contributed by atoms with Gasteiger partial charge in [0.1, 0.15) is 6.07 Å². The first-order chi connectivity index (χ1) is 9.69. The maximum Gasteiger partial charge on any atom is 0.256 e. The zero-order chi connectivity index (χ0) is 14.5. The summed E-state index contributed by atoms with van der Waals surface area (Å²) in [5.41, 5.74) is 0.485. The molecule has 1 aromatic heterocycles. The Labute approximate surface area is 123 Å². The quantitative estimate of drug-likeness (QED) is 0.799. The molecule has 0 fully saturated rings. The molecule has 0 saturated carbocycles. The van der Waals surface area contributed by atoms with Crippen molar-refractivity contribution in [3.63, 3.8) is 0 Å². The molecule has 100 valence electrons. The van der Waals surface area contributed by atoms with Crippen LogP contribution in [0.15, 0.2) is 29.0 Å². The minimum atomic E-state index is 0.0603. The van der Waals surface area contributed by atoms with Gasteiger partial charge in [0.2, 0.25) is 5.69 Å². The van der Waals surface area contributed by atoms with Crippen molar-refractivity contribution in [1.29, 1.82) is 5.26 Å². The molecule has 0 atom stereocenters. The molecule has 0 N–H and O–H groups in total. The lowest BCUT2D eigenvalue weighted by Crippen LogP contribution is -1.97. The predicted octanol–water partition coefficient (Wildman–Crippen LogP) is 2.72. The maximum atomic E-state index is 10.9. The number of hydrogen-bond donors (Lipinski definition) is 0. The number of halogens is 1. The molecular weight excluding hydrogens is 326 g/mol. The van der Waals surface area contributed by atoms with E-state index in [0.29, 0.717) is 27.8 Å². The molecule has 0 bridgehead atoms. The van der Waals surface area contributed by atoms with Gasteiger partial charge in [-0.2, -0.15) is 5.26 Å². The number of hydrogen-bond acceptors (Lipinski definition) is 6. The third-order valence-corrected chi connectivity index (χ3v) is 3.07. The van der Waals surface area contributed by atoms with Crippen LogP contribution in [0.25, 0.3) is 0 Å². The van der Waals surface area contributed by atoms with Crippen molar-refractivity contribution in [3.8, 4) is 23.4 Å². The number of nitrogens with zero attached hydrogens (tertiary/aromatic N) is 3. The van der Waals surface area contributed by atoms with Gasteiger partial charge in [-0.05, 0) is 28.1 Å². The van der Waals surface area contributed by atoms with Crippen molar-refractivity contribution >= 4 is 22.2 Å². The van der Waals surface area contributed by atoms with Crippen molar-refractivity contribution < 1.29 is 14.3 Å². The fourth-order valence-corrected chi connectivity index (χ4v) is 1.88. The first-order valence-corrected chi connectivity index (χ1v) is 6.20. The zero-order valence-corrected chi connectivity index (χ0v) is 11.9. The van der Waals surface area contributed by atoms with Gasteiger partial charge in [0.15, 0.2) is 17.8 Å². The topological polar surface area (TPSA) is 85.1 Å². The van der Waals surface area contributed by atoms with E-state index in [2.05, 4.69) is 25.9 Å². The van der Waals surface area contributed by atoms with Crippen LogP contribution in [0.2, 0.25) is 0 Å². The monoisotopic (exact) mass is 333 g/mol. The van der Waals surface area contributed by atoms with Gasteiger partial charge < -0.3 is 9.47 Å². The Kier molecular flexibility index (Phi) is 4.27. The van der Waals surface area contributed by atoms with E-state index >= 15 is 0 Å². The van der Waals surface area contributed by atoms with Crippen LogP contribution in [0.3, 0.4) is 0 Å². The number of aromatic nitrogens is 2. The molecule has 0 radical (unpaired) electrons. The fraction of sp³-hybridized carbons (Fsp3) is 0.0769. The molecule has 0 aliphatic rings. The van der Waals surface area contributed by atoms with E-state index < -0.39 is 0 Å². The van der Waals surface area contributed by atoms with E-state index in [1.165, 1.54) is 25.6 Å². The summed E-state index contributed by atoms with van der Waals surface area (Å²) in [7, 11) is 1.45.